The molecule has 96 valence electrons. The summed E-state index contributed by atoms with van der Waals surface area (Å²) in [6.07, 6.45) is 9.55. The minimum Gasteiger partial charge on any atom is -0.493 e. The number of hydrogen-bond acceptors (Lipinski definition) is 2. The van der Waals surface area contributed by atoms with Crippen LogP contribution in [-0.2, 0) is 6.54 Å². The maximum atomic E-state index is 5.81. The molecule has 0 aliphatic heterocycles. The van der Waals surface area contributed by atoms with Crippen molar-refractivity contribution in [2.24, 2.45) is 0 Å². The molecule has 0 amide bonds. The highest BCUT2D eigenvalue weighted by Crippen LogP contribution is 2.23. The molecule has 0 aromatic heterocycles. The quantitative estimate of drug-likeness (QED) is 0.587. The van der Waals surface area contributed by atoms with Crippen LogP contribution in [0.25, 0.3) is 0 Å². The van der Waals surface area contributed by atoms with Gasteiger partial charge >= 0.3 is 0 Å². The fourth-order valence-corrected chi connectivity index (χ4v) is 1.89. The summed E-state index contributed by atoms with van der Waals surface area (Å²) >= 11 is 0. The molecular weight excluding hydrogens is 222 g/mol. The molecule has 2 nitrogen and oxygen atoms in total. The van der Waals surface area contributed by atoms with Crippen molar-refractivity contribution in [1.29, 1.82) is 0 Å². The van der Waals surface area contributed by atoms with Gasteiger partial charge in [-0.15, -0.1) is 12.3 Å². The van der Waals surface area contributed by atoms with E-state index >= 15 is 0 Å². The Morgan fingerprint density at radius 2 is 2.28 bits per heavy atom. The van der Waals surface area contributed by atoms with E-state index in [0.29, 0.717) is 6.61 Å². The first-order valence-corrected chi connectivity index (χ1v) is 6.69. The summed E-state index contributed by atoms with van der Waals surface area (Å²) in [6, 6.07) is 7.08. The zero-order valence-electron chi connectivity index (χ0n) is 11.0. The van der Waals surface area contributed by atoms with Gasteiger partial charge in [0.15, 0.2) is 0 Å². The molecule has 2 rings (SSSR count). The molecule has 2 heteroatoms. The lowest BCUT2D eigenvalue weighted by molar-refractivity contribution is 0.309. The van der Waals surface area contributed by atoms with Crippen molar-refractivity contribution in [3.63, 3.8) is 0 Å². The molecule has 0 spiro atoms. The van der Waals surface area contributed by atoms with Gasteiger partial charge in [-0.25, -0.2) is 0 Å². The minimum atomic E-state index is 0.698. The topological polar surface area (TPSA) is 21.3 Å². The third-order valence-corrected chi connectivity index (χ3v) is 3.10. The summed E-state index contributed by atoms with van der Waals surface area (Å²) in [6.45, 7) is 3.71. The van der Waals surface area contributed by atoms with E-state index in [1.807, 2.05) is 0 Å². The zero-order chi connectivity index (χ0) is 12.8. The van der Waals surface area contributed by atoms with Crippen molar-refractivity contribution < 1.29 is 4.74 Å². The molecule has 18 heavy (non-hydrogen) atoms. The molecule has 0 saturated heterocycles. The van der Waals surface area contributed by atoms with E-state index in [-0.39, 0.29) is 0 Å². The molecule has 1 aliphatic carbocycles. The third-order valence-electron chi connectivity index (χ3n) is 3.10. The van der Waals surface area contributed by atoms with Crippen LogP contribution < -0.4 is 10.1 Å². The summed E-state index contributed by atoms with van der Waals surface area (Å²) in [5, 5.41) is 3.53. The smallest absolute Gasteiger partial charge is 0.123 e. The van der Waals surface area contributed by atoms with Crippen LogP contribution in [0.5, 0.6) is 5.75 Å². The van der Waals surface area contributed by atoms with E-state index in [1.54, 1.807) is 0 Å². The largest absolute Gasteiger partial charge is 0.493 e. The molecule has 1 aromatic carbocycles. The number of rotatable bonds is 7. The second kappa shape index (κ2) is 6.47. The van der Waals surface area contributed by atoms with Crippen LogP contribution >= 0.6 is 0 Å². The number of ether oxygens (including phenoxy) is 1. The summed E-state index contributed by atoms with van der Waals surface area (Å²) in [5.74, 6) is 3.63. The average molecular weight is 243 g/mol. The Kier molecular flexibility index (Phi) is 4.66. The van der Waals surface area contributed by atoms with E-state index in [4.69, 9.17) is 11.2 Å². The van der Waals surface area contributed by atoms with E-state index < -0.39 is 0 Å². The summed E-state index contributed by atoms with van der Waals surface area (Å²) in [4.78, 5) is 0. The normalized spacial score (nSPS) is 14.2. The lowest BCUT2D eigenvalue weighted by Crippen LogP contribution is -2.16. The standard InChI is InChI=1S/C16H21NO/c1-3-4-5-10-18-16-9-6-13(2)11-14(16)12-17-15-7-8-15/h1,6,9,11,15,17H,4-5,7-8,10,12H2,2H3. The van der Waals surface area contributed by atoms with Crippen LogP contribution in [0, 0.1) is 19.3 Å². The predicted octanol–water partition coefficient (Wildman–Crippen LogP) is 3.04. The Morgan fingerprint density at radius 1 is 1.44 bits per heavy atom. The molecule has 1 saturated carbocycles. The molecule has 1 N–H and O–H groups in total. The highest BCUT2D eigenvalue weighted by molar-refractivity contribution is 5.37. The number of unbranched alkanes of at least 4 members (excludes halogenated alkanes) is 1. The van der Waals surface area contributed by atoms with Crippen molar-refractivity contribution in [2.75, 3.05) is 6.61 Å². The van der Waals surface area contributed by atoms with Gasteiger partial charge in [-0.05, 0) is 32.3 Å². The van der Waals surface area contributed by atoms with Crippen LogP contribution in [0.1, 0.15) is 36.8 Å². The Hall–Kier alpha value is -1.46. The number of nitrogens with one attached hydrogen (secondary N) is 1. The average Bonchev–Trinajstić information content (AvgIpc) is 3.18. The zero-order valence-corrected chi connectivity index (χ0v) is 11.0. The summed E-state index contributed by atoms with van der Waals surface area (Å²) in [7, 11) is 0. The second-order valence-electron chi connectivity index (χ2n) is 4.92. The molecule has 0 radical (unpaired) electrons. The van der Waals surface area contributed by atoms with Gasteiger partial charge in [0.05, 0.1) is 6.61 Å². The van der Waals surface area contributed by atoms with Crippen LogP contribution in [0.2, 0.25) is 0 Å². The lowest BCUT2D eigenvalue weighted by atomic mass is 10.1. The Labute approximate surface area is 110 Å². The van der Waals surface area contributed by atoms with Gasteiger partial charge < -0.3 is 10.1 Å². The molecule has 1 fully saturated rings. The van der Waals surface area contributed by atoms with E-state index in [9.17, 15) is 0 Å². The van der Waals surface area contributed by atoms with Crippen LogP contribution in [0.3, 0.4) is 0 Å². The molecule has 1 aliphatic rings. The number of aryl methyl sites for hydroxylation is 1. The van der Waals surface area contributed by atoms with Crippen molar-refractivity contribution in [2.45, 2.75) is 45.2 Å². The monoisotopic (exact) mass is 243 g/mol. The van der Waals surface area contributed by atoms with Crippen molar-refractivity contribution >= 4 is 0 Å². The lowest BCUT2D eigenvalue weighted by Gasteiger charge is -2.12. The van der Waals surface area contributed by atoms with Gasteiger partial charge in [-0.2, -0.15) is 0 Å². The third kappa shape index (κ3) is 4.09. The van der Waals surface area contributed by atoms with Crippen molar-refractivity contribution in [3.05, 3.63) is 29.3 Å². The Morgan fingerprint density at radius 3 is 3.00 bits per heavy atom. The first-order chi connectivity index (χ1) is 8.79. The molecule has 0 bridgehead atoms. The van der Waals surface area contributed by atoms with E-state index in [0.717, 1.165) is 31.2 Å². The van der Waals surface area contributed by atoms with Crippen LogP contribution in [-0.4, -0.2) is 12.6 Å². The van der Waals surface area contributed by atoms with Gasteiger partial charge in [0.2, 0.25) is 0 Å². The highest BCUT2D eigenvalue weighted by atomic mass is 16.5. The van der Waals surface area contributed by atoms with Gasteiger partial charge in [0, 0.05) is 24.6 Å². The van der Waals surface area contributed by atoms with Gasteiger partial charge in [-0.1, -0.05) is 17.7 Å². The summed E-state index contributed by atoms with van der Waals surface area (Å²) < 4.78 is 5.81. The maximum Gasteiger partial charge on any atom is 0.123 e. The van der Waals surface area contributed by atoms with Crippen LogP contribution in [0.15, 0.2) is 18.2 Å². The number of terminal acetylenes is 1. The maximum absolute atomic E-state index is 5.81. The van der Waals surface area contributed by atoms with E-state index in [1.165, 1.54) is 24.0 Å². The van der Waals surface area contributed by atoms with Gasteiger partial charge in [0.25, 0.3) is 0 Å². The van der Waals surface area contributed by atoms with Crippen LogP contribution in [0.4, 0.5) is 0 Å². The Bertz CT molecular complexity index is 429. The van der Waals surface area contributed by atoms with Gasteiger partial charge in [-0.3, -0.25) is 0 Å². The molecule has 0 atom stereocenters. The molecule has 1 aromatic rings. The predicted molar refractivity (Wildman–Crippen MR) is 74.6 cm³/mol. The van der Waals surface area contributed by atoms with E-state index in [2.05, 4.69) is 36.4 Å². The molecule has 0 heterocycles. The highest BCUT2D eigenvalue weighted by Gasteiger charge is 2.20. The fraction of sp³-hybridized carbons (Fsp3) is 0.500. The number of hydrogen-bond donors (Lipinski definition) is 1. The van der Waals surface area contributed by atoms with Gasteiger partial charge in [0.1, 0.15) is 5.75 Å². The van der Waals surface area contributed by atoms with Crippen molar-refractivity contribution in [1.82, 2.24) is 5.32 Å². The minimum absolute atomic E-state index is 0.698. The SMILES string of the molecule is C#CCCCOc1ccc(C)cc1CNC1CC1. The molecule has 0 unspecified atom stereocenters. The Balaban J connectivity index is 1.91. The first kappa shape index (κ1) is 13.0. The van der Waals surface area contributed by atoms with Crippen molar-refractivity contribution in [3.8, 4) is 18.1 Å². The number of benzene rings is 1. The fourth-order valence-electron chi connectivity index (χ4n) is 1.89. The second-order valence-corrected chi connectivity index (χ2v) is 4.92. The molecular formula is C16H21NO. The first-order valence-electron chi connectivity index (χ1n) is 6.69. The summed E-state index contributed by atoms with van der Waals surface area (Å²) in [5.41, 5.74) is 2.53.